The maximum absolute atomic E-state index is 6.00. The Bertz CT molecular complexity index is 363. The average molecular weight is 260 g/mol. The Hall–Kier alpha value is -1.02. The highest BCUT2D eigenvalue weighted by Crippen LogP contribution is 2.35. The number of anilines is 1. The number of hydrogen-bond donors (Lipinski definition) is 1. The van der Waals surface area contributed by atoms with Crippen molar-refractivity contribution >= 4 is 5.69 Å². The van der Waals surface area contributed by atoms with Gasteiger partial charge in [0.25, 0.3) is 0 Å². The van der Waals surface area contributed by atoms with Crippen LogP contribution in [0.25, 0.3) is 0 Å². The van der Waals surface area contributed by atoms with Gasteiger partial charge in [0.1, 0.15) is 0 Å². The Kier molecular flexibility index (Phi) is 5.26. The van der Waals surface area contributed by atoms with E-state index >= 15 is 0 Å². The molecule has 1 aliphatic carbocycles. The van der Waals surface area contributed by atoms with Crippen molar-refractivity contribution < 1.29 is 0 Å². The highest BCUT2D eigenvalue weighted by Gasteiger charge is 2.31. The van der Waals surface area contributed by atoms with Crippen molar-refractivity contribution in [2.75, 3.05) is 18.5 Å². The highest BCUT2D eigenvalue weighted by atomic mass is 15.1. The molecule has 2 nitrogen and oxygen atoms in total. The minimum atomic E-state index is 0.609. The molecular formula is C17H28N2. The first-order valence-corrected chi connectivity index (χ1v) is 7.74. The van der Waals surface area contributed by atoms with E-state index in [1.54, 1.807) is 0 Å². The smallest absolute Gasteiger partial charge is 0.0366 e. The first-order valence-electron chi connectivity index (χ1n) is 7.74. The first kappa shape index (κ1) is 14.4. The molecule has 3 unspecified atom stereocenters. The lowest BCUT2D eigenvalue weighted by atomic mass is 9.76. The second kappa shape index (κ2) is 6.95. The zero-order valence-corrected chi connectivity index (χ0v) is 12.4. The van der Waals surface area contributed by atoms with E-state index in [4.69, 9.17) is 5.73 Å². The lowest BCUT2D eigenvalue weighted by Crippen LogP contribution is -2.45. The van der Waals surface area contributed by atoms with Crippen LogP contribution in [0.15, 0.2) is 30.3 Å². The van der Waals surface area contributed by atoms with Crippen molar-refractivity contribution in [3.63, 3.8) is 0 Å². The Morgan fingerprint density at radius 2 is 1.95 bits per heavy atom. The average Bonchev–Trinajstić information content (AvgIpc) is 2.47. The second-order valence-electron chi connectivity index (χ2n) is 5.98. The Labute approximate surface area is 118 Å². The van der Waals surface area contributed by atoms with Gasteiger partial charge in [0.05, 0.1) is 0 Å². The van der Waals surface area contributed by atoms with Crippen LogP contribution in [0.1, 0.15) is 39.0 Å². The van der Waals surface area contributed by atoms with Crippen LogP contribution in [-0.4, -0.2) is 19.6 Å². The fourth-order valence-corrected chi connectivity index (χ4v) is 3.57. The Morgan fingerprint density at radius 1 is 1.21 bits per heavy atom. The summed E-state index contributed by atoms with van der Waals surface area (Å²) >= 11 is 0. The van der Waals surface area contributed by atoms with E-state index in [1.807, 2.05) is 0 Å². The molecule has 1 saturated carbocycles. The van der Waals surface area contributed by atoms with Crippen molar-refractivity contribution in [1.29, 1.82) is 0 Å². The summed E-state index contributed by atoms with van der Waals surface area (Å²) in [6, 6.07) is 11.3. The minimum Gasteiger partial charge on any atom is -0.371 e. The summed E-state index contributed by atoms with van der Waals surface area (Å²) in [5.74, 6) is 1.54. The van der Waals surface area contributed by atoms with Crippen molar-refractivity contribution in [2.24, 2.45) is 17.6 Å². The van der Waals surface area contributed by atoms with Gasteiger partial charge in [-0.05, 0) is 49.8 Å². The van der Waals surface area contributed by atoms with Crippen molar-refractivity contribution in [1.82, 2.24) is 0 Å². The van der Waals surface area contributed by atoms with Crippen LogP contribution in [0.3, 0.4) is 0 Å². The van der Waals surface area contributed by atoms with Crippen LogP contribution in [0.4, 0.5) is 5.69 Å². The van der Waals surface area contributed by atoms with Gasteiger partial charge in [0, 0.05) is 18.8 Å². The first-order chi connectivity index (χ1) is 9.26. The lowest BCUT2D eigenvalue weighted by molar-refractivity contribution is 0.227. The van der Waals surface area contributed by atoms with Crippen LogP contribution in [0.5, 0.6) is 0 Å². The molecule has 0 spiro atoms. The van der Waals surface area contributed by atoms with Crippen LogP contribution in [-0.2, 0) is 0 Å². The summed E-state index contributed by atoms with van der Waals surface area (Å²) in [5.41, 5.74) is 7.32. The predicted octanol–water partition coefficient (Wildman–Crippen LogP) is 3.67. The quantitative estimate of drug-likeness (QED) is 0.875. The molecule has 0 aromatic heterocycles. The van der Waals surface area contributed by atoms with Gasteiger partial charge in [-0.1, -0.05) is 38.0 Å². The number of nitrogens with zero attached hydrogens (tertiary/aromatic N) is 1. The molecule has 1 aromatic carbocycles. The summed E-state index contributed by atoms with van der Waals surface area (Å²) < 4.78 is 0. The van der Waals surface area contributed by atoms with Crippen LogP contribution < -0.4 is 10.6 Å². The van der Waals surface area contributed by atoms with Gasteiger partial charge in [-0.3, -0.25) is 0 Å². The van der Waals surface area contributed by atoms with Gasteiger partial charge in [-0.15, -0.1) is 0 Å². The highest BCUT2D eigenvalue weighted by molar-refractivity contribution is 5.46. The van der Waals surface area contributed by atoms with Crippen LogP contribution in [0.2, 0.25) is 0 Å². The maximum Gasteiger partial charge on any atom is 0.0366 e. The number of rotatable bonds is 5. The second-order valence-corrected chi connectivity index (χ2v) is 5.98. The molecule has 0 radical (unpaired) electrons. The van der Waals surface area contributed by atoms with Gasteiger partial charge in [0.2, 0.25) is 0 Å². The van der Waals surface area contributed by atoms with Gasteiger partial charge in [-0.25, -0.2) is 0 Å². The van der Waals surface area contributed by atoms with Gasteiger partial charge in [0.15, 0.2) is 0 Å². The molecular weight excluding hydrogens is 232 g/mol. The molecule has 1 aliphatic rings. The molecule has 1 fully saturated rings. The third kappa shape index (κ3) is 3.50. The number of nitrogens with two attached hydrogens (primary N) is 1. The van der Waals surface area contributed by atoms with Gasteiger partial charge < -0.3 is 10.6 Å². The standard InChI is InChI=1S/C17H28N2/c1-3-7-14-10-11-15(13-18)17(12-14)19(2)16-8-5-4-6-9-16/h4-6,8-9,14-15,17H,3,7,10-13,18H2,1-2H3. The zero-order valence-electron chi connectivity index (χ0n) is 12.4. The molecule has 0 bridgehead atoms. The molecule has 0 aliphatic heterocycles. The molecule has 2 heteroatoms. The van der Waals surface area contributed by atoms with Crippen molar-refractivity contribution in [3.8, 4) is 0 Å². The predicted molar refractivity (Wildman–Crippen MR) is 83.4 cm³/mol. The van der Waals surface area contributed by atoms with E-state index in [9.17, 15) is 0 Å². The SMILES string of the molecule is CCCC1CCC(CN)C(N(C)c2ccccc2)C1. The molecule has 2 rings (SSSR count). The van der Waals surface area contributed by atoms with E-state index < -0.39 is 0 Å². The zero-order chi connectivity index (χ0) is 13.7. The number of benzene rings is 1. The van der Waals surface area contributed by atoms with Gasteiger partial charge >= 0.3 is 0 Å². The van der Waals surface area contributed by atoms with Crippen molar-refractivity contribution in [2.45, 2.75) is 45.1 Å². The third-order valence-corrected chi connectivity index (χ3v) is 4.73. The molecule has 0 saturated heterocycles. The van der Waals surface area contributed by atoms with Crippen LogP contribution >= 0.6 is 0 Å². The molecule has 0 amide bonds. The number of para-hydroxylation sites is 1. The third-order valence-electron chi connectivity index (χ3n) is 4.73. The lowest BCUT2D eigenvalue weighted by Gasteiger charge is -2.42. The summed E-state index contributed by atoms with van der Waals surface area (Å²) in [5, 5.41) is 0. The summed E-state index contributed by atoms with van der Waals surface area (Å²) in [4.78, 5) is 2.46. The molecule has 2 N–H and O–H groups in total. The van der Waals surface area contributed by atoms with Gasteiger partial charge in [-0.2, -0.15) is 0 Å². The fourth-order valence-electron chi connectivity index (χ4n) is 3.57. The normalized spacial score (nSPS) is 27.2. The Morgan fingerprint density at radius 3 is 2.58 bits per heavy atom. The summed E-state index contributed by atoms with van der Waals surface area (Å²) in [6.07, 6.45) is 6.65. The summed E-state index contributed by atoms with van der Waals surface area (Å²) in [7, 11) is 2.23. The molecule has 106 valence electrons. The topological polar surface area (TPSA) is 29.3 Å². The van der Waals surface area contributed by atoms with E-state index in [0.29, 0.717) is 12.0 Å². The largest absolute Gasteiger partial charge is 0.371 e. The van der Waals surface area contributed by atoms with E-state index in [1.165, 1.54) is 37.8 Å². The minimum absolute atomic E-state index is 0.609. The number of hydrogen-bond acceptors (Lipinski definition) is 2. The summed E-state index contributed by atoms with van der Waals surface area (Å²) in [6.45, 7) is 3.12. The molecule has 3 atom stereocenters. The fraction of sp³-hybridized carbons (Fsp3) is 0.647. The van der Waals surface area contributed by atoms with Crippen molar-refractivity contribution in [3.05, 3.63) is 30.3 Å². The molecule has 1 aromatic rings. The Balaban J connectivity index is 2.09. The van der Waals surface area contributed by atoms with Crippen LogP contribution in [0, 0.1) is 11.8 Å². The molecule has 0 heterocycles. The monoisotopic (exact) mass is 260 g/mol. The maximum atomic E-state index is 6.00. The van der Waals surface area contributed by atoms with E-state index in [0.717, 1.165) is 12.5 Å². The van der Waals surface area contributed by atoms with E-state index in [-0.39, 0.29) is 0 Å². The molecule has 19 heavy (non-hydrogen) atoms. The van der Waals surface area contributed by atoms with E-state index in [2.05, 4.69) is 49.2 Å².